The van der Waals surface area contributed by atoms with E-state index in [9.17, 15) is 19.7 Å². The third-order valence-corrected chi connectivity index (χ3v) is 4.14. The molecule has 9 nitrogen and oxygen atoms in total. The highest BCUT2D eigenvalue weighted by Gasteiger charge is 2.20. The van der Waals surface area contributed by atoms with E-state index in [-0.39, 0.29) is 22.9 Å². The normalized spacial score (nSPS) is 10.5. The van der Waals surface area contributed by atoms with E-state index < -0.39 is 10.9 Å². The maximum Gasteiger partial charge on any atom is 0.350 e. The average Bonchev–Trinajstić information content (AvgIpc) is 2.80. The first-order valence-corrected chi connectivity index (χ1v) is 9.01. The van der Waals surface area contributed by atoms with Crippen molar-refractivity contribution in [1.82, 2.24) is 5.43 Å². The summed E-state index contributed by atoms with van der Waals surface area (Å²) in [4.78, 5) is 34.7. The maximum atomic E-state index is 12.2. The number of nitrogens with one attached hydrogen (secondary N) is 1. The first-order chi connectivity index (χ1) is 15.0. The summed E-state index contributed by atoms with van der Waals surface area (Å²) >= 11 is 0. The Morgan fingerprint density at radius 3 is 2.26 bits per heavy atom. The lowest BCUT2D eigenvalue weighted by Crippen LogP contribution is -2.17. The van der Waals surface area contributed by atoms with Crippen molar-refractivity contribution in [3.8, 4) is 11.5 Å². The van der Waals surface area contributed by atoms with Crippen LogP contribution in [0.1, 0.15) is 26.3 Å². The van der Waals surface area contributed by atoms with Crippen LogP contribution in [0.5, 0.6) is 11.5 Å². The Hall–Kier alpha value is -4.53. The monoisotopic (exact) mass is 419 g/mol. The van der Waals surface area contributed by atoms with E-state index in [1.54, 1.807) is 36.4 Å². The Morgan fingerprint density at radius 1 is 0.968 bits per heavy atom. The number of hydrazone groups is 1. The molecule has 9 heteroatoms. The van der Waals surface area contributed by atoms with E-state index in [0.717, 1.165) is 0 Å². The first-order valence-electron chi connectivity index (χ1n) is 9.01. The van der Waals surface area contributed by atoms with Crippen LogP contribution < -0.4 is 14.9 Å². The number of carbonyl (C=O) groups is 2. The Morgan fingerprint density at radius 2 is 1.61 bits per heavy atom. The minimum atomic E-state index is -0.833. The van der Waals surface area contributed by atoms with Crippen LogP contribution in [-0.2, 0) is 0 Å². The van der Waals surface area contributed by atoms with Crippen LogP contribution >= 0.6 is 0 Å². The van der Waals surface area contributed by atoms with Gasteiger partial charge in [-0.2, -0.15) is 5.10 Å². The minimum absolute atomic E-state index is 0.139. The topological polar surface area (TPSA) is 120 Å². The number of esters is 1. The fourth-order valence-electron chi connectivity index (χ4n) is 2.56. The van der Waals surface area contributed by atoms with E-state index in [1.165, 1.54) is 49.7 Å². The van der Waals surface area contributed by atoms with E-state index in [4.69, 9.17) is 9.47 Å². The van der Waals surface area contributed by atoms with E-state index in [1.807, 2.05) is 0 Å². The average molecular weight is 419 g/mol. The molecule has 0 aliphatic carbocycles. The summed E-state index contributed by atoms with van der Waals surface area (Å²) in [7, 11) is 1.54. The number of nitrogens with zero attached hydrogens (tertiary/aromatic N) is 2. The first kappa shape index (κ1) is 21.2. The third-order valence-electron chi connectivity index (χ3n) is 4.14. The van der Waals surface area contributed by atoms with Crippen LogP contribution in [0.2, 0.25) is 0 Å². The molecule has 0 unspecified atom stereocenters. The van der Waals surface area contributed by atoms with Gasteiger partial charge in [0.2, 0.25) is 0 Å². The number of rotatable bonds is 7. The highest BCUT2D eigenvalue weighted by molar-refractivity contribution is 5.96. The molecule has 1 amide bonds. The summed E-state index contributed by atoms with van der Waals surface area (Å²) in [6, 6.07) is 18.4. The van der Waals surface area contributed by atoms with Crippen molar-refractivity contribution in [1.29, 1.82) is 0 Å². The summed E-state index contributed by atoms with van der Waals surface area (Å²) in [5.74, 6) is -0.361. The number of nitro groups is 1. The summed E-state index contributed by atoms with van der Waals surface area (Å²) in [5.41, 5.74) is 3.01. The summed E-state index contributed by atoms with van der Waals surface area (Å²) in [6.45, 7) is 0. The Kier molecular flexibility index (Phi) is 6.69. The Bertz CT molecular complexity index is 1120. The lowest BCUT2D eigenvalue weighted by Gasteiger charge is -2.05. The molecule has 3 aromatic rings. The molecule has 0 radical (unpaired) electrons. The smallest absolute Gasteiger partial charge is 0.350 e. The van der Waals surface area contributed by atoms with Gasteiger partial charge in [0.15, 0.2) is 0 Å². The minimum Gasteiger partial charge on any atom is -0.497 e. The molecule has 3 aromatic carbocycles. The van der Waals surface area contributed by atoms with Gasteiger partial charge < -0.3 is 9.47 Å². The van der Waals surface area contributed by atoms with Crippen molar-refractivity contribution < 1.29 is 24.0 Å². The van der Waals surface area contributed by atoms with Crippen molar-refractivity contribution >= 4 is 23.8 Å². The molecule has 3 rings (SSSR count). The Balaban J connectivity index is 1.59. The molecule has 0 aliphatic rings. The summed E-state index contributed by atoms with van der Waals surface area (Å²) in [6.07, 6.45) is 1.43. The van der Waals surface area contributed by atoms with Crippen LogP contribution in [-0.4, -0.2) is 30.1 Å². The molecule has 0 saturated heterocycles. The number of para-hydroxylation sites is 1. The molecule has 0 aromatic heterocycles. The predicted molar refractivity (Wildman–Crippen MR) is 113 cm³/mol. The molecule has 31 heavy (non-hydrogen) atoms. The highest BCUT2D eigenvalue weighted by atomic mass is 16.6. The van der Waals surface area contributed by atoms with Crippen LogP contribution in [0.15, 0.2) is 77.9 Å². The molecular weight excluding hydrogens is 402 g/mol. The molecule has 0 heterocycles. The summed E-state index contributed by atoms with van der Waals surface area (Å²) < 4.78 is 10.2. The highest BCUT2D eigenvalue weighted by Crippen LogP contribution is 2.20. The number of nitro benzene ring substituents is 1. The predicted octanol–water partition coefficient (Wildman–Crippen LogP) is 3.59. The van der Waals surface area contributed by atoms with E-state index in [2.05, 4.69) is 10.5 Å². The van der Waals surface area contributed by atoms with Crippen LogP contribution in [0.3, 0.4) is 0 Å². The molecule has 1 N–H and O–H groups in total. The zero-order valence-electron chi connectivity index (χ0n) is 16.3. The van der Waals surface area contributed by atoms with Gasteiger partial charge in [-0.1, -0.05) is 12.1 Å². The lowest BCUT2D eigenvalue weighted by atomic mass is 10.2. The van der Waals surface area contributed by atoms with Crippen molar-refractivity contribution in [3.63, 3.8) is 0 Å². The quantitative estimate of drug-likeness (QED) is 0.205. The molecule has 0 saturated carbocycles. The van der Waals surface area contributed by atoms with Gasteiger partial charge >= 0.3 is 5.97 Å². The van der Waals surface area contributed by atoms with Crippen molar-refractivity contribution in [2.24, 2.45) is 5.10 Å². The molecule has 0 spiro atoms. The van der Waals surface area contributed by atoms with Crippen LogP contribution in [0, 0.1) is 10.1 Å². The van der Waals surface area contributed by atoms with Gasteiger partial charge in [0, 0.05) is 11.6 Å². The van der Waals surface area contributed by atoms with Crippen LogP contribution in [0.25, 0.3) is 0 Å². The number of amides is 1. The molecule has 0 aliphatic heterocycles. The number of benzene rings is 3. The molecular formula is C22H17N3O6. The van der Waals surface area contributed by atoms with Gasteiger partial charge in [-0.3, -0.25) is 14.9 Å². The van der Waals surface area contributed by atoms with Gasteiger partial charge in [0.05, 0.1) is 18.2 Å². The number of carbonyl (C=O) groups excluding carboxylic acids is 2. The summed E-state index contributed by atoms with van der Waals surface area (Å²) in [5, 5.41) is 14.9. The SMILES string of the molecule is COc1ccc(C(=O)N/N=C\c2ccc(OC(=O)c3ccccc3[N+](=O)[O-])cc2)cc1. The fourth-order valence-corrected chi connectivity index (χ4v) is 2.56. The number of hydrogen-bond acceptors (Lipinski definition) is 7. The third kappa shape index (κ3) is 5.51. The van der Waals surface area contributed by atoms with Gasteiger partial charge in [0.1, 0.15) is 17.1 Å². The second kappa shape index (κ2) is 9.79. The van der Waals surface area contributed by atoms with Crippen LogP contribution in [0.4, 0.5) is 5.69 Å². The molecule has 0 bridgehead atoms. The van der Waals surface area contributed by atoms with Gasteiger partial charge in [-0.15, -0.1) is 0 Å². The fraction of sp³-hybridized carbons (Fsp3) is 0.0455. The second-order valence-corrected chi connectivity index (χ2v) is 6.16. The number of methoxy groups -OCH3 is 1. The molecule has 0 atom stereocenters. The maximum absolute atomic E-state index is 12.2. The molecule has 0 fully saturated rings. The van der Waals surface area contributed by atoms with Gasteiger partial charge in [-0.05, 0) is 60.2 Å². The molecule has 156 valence electrons. The zero-order chi connectivity index (χ0) is 22.2. The number of ether oxygens (including phenoxy) is 2. The van der Waals surface area contributed by atoms with Gasteiger partial charge in [0.25, 0.3) is 11.6 Å². The van der Waals surface area contributed by atoms with Crippen molar-refractivity contribution in [2.75, 3.05) is 7.11 Å². The second-order valence-electron chi connectivity index (χ2n) is 6.16. The van der Waals surface area contributed by atoms with Crippen molar-refractivity contribution in [3.05, 3.63) is 99.6 Å². The van der Waals surface area contributed by atoms with E-state index in [0.29, 0.717) is 16.9 Å². The zero-order valence-corrected chi connectivity index (χ0v) is 16.3. The lowest BCUT2D eigenvalue weighted by molar-refractivity contribution is -0.385. The Labute approximate surface area is 177 Å². The standard InChI is InChI=1S/C22H17N3O6/c1-30-17-12-8-16(9-13-17)21(26)24-23-14-15-6-10-18(11-7-15)31-22(27)19-4-2-3-5-20(19)25(28)29/h2-14H,1H3,(H,24,26)/b23-14-. The largest absolute Gasteiger partial charge is 0.497 e. The number of hydrogen-bond donors (Lipinski definition) is 1. The van der Waals surface area contributed by atoms with E-state index >= 15 is 0 Å². The van der Waals surface area contributed by atoms with Crippen molar-refractivity contribution in [2.45, 2.75) is 0 Å². The van der Waals surface area contributed by atoms with Gasteiger partial charge in [-0.25, -0.2) is 10.2 Å².